The number of carbonyl (C=O) groups excluding carboxylic acids is 1. The fourth-order valence-electron chi connectivity index (χ4n) is 1.46. The van der Waals surface area contributed by atoms with Crippen LogP contribution in [0.15, 0.2) is 24.5 Å². The van der Waals surface area contributed by atoms with Crippen molar-refractivity contribution in [2.75, 3.05) is 6.54 Å². The van der Waals surface area contributed by atoms with E-state index >= 15 is 0 Å². The van der Waals surface area contributed by atoms with Gasteiger partial charge in [0.1, 0.15) is 5.78 Å². The number of carbonyl (C=O) groups is 1. The molecule has 0 bridgehead atoms. The summed E-state index contributed by atoms with van der Waals surface area (Å²) in [5.41, 5.74) is 6.40. The molecule has 0 spiro atoms. The average molecular weight is 206 g/mol. The first-order chi connectivity index (χ1) is 7.24. The molecule has 0 saturated heterocycles. The summed E-state index contributed by atoms with van der Waals surface area (Å²) in [5.74, 6) is 0.380. The number of ketones is 1. The maximum absolute atomic E-state index is 11.7. The molecule has 0 aliphatic heterocycles. The molecule has 82 valence electrons. The molecule has 1 rings (SSSR count). The summed E-state index contributed by atoms with van der Waals surface area (Å²) < 4.78 is 0. The van der Waals surface area contributed by atoms with Gasteiger partial charge in [0.05, 0.1) is 0 Å². The molecule has 1 atom stereocenters. The molecule has 0 aliphatic rings. The van der Waals surface area contributed by atoms with Crippen LogP contribution >= 0.6 is 0 Å². The minimum absolute atomic E-state index is 0.105. The van der Waals surface area contributed by atoms with Gasteiger partial charge in [0.15, 0.2) is 0 Å². The second-order valence-electron chi connectivity index (χ2n) is 3.84. The Morgan fingerprint density at radius 3 is 3.00 bits per heavy atom. The lowest BCUT2D eigenvalue weighted by Gasteiger charge is -2.09. The second-order valence-corrected chi connectivity index (χ2v) is 3.84. The van der Waals surface area contributed by atoms with Gasteiger partial charge in [0.2, 0.25) is 0 Å². The molecule has 0 aromatic carbocycles. The Kier molecular flexibility index (Phi) is 4.98. The van der Waals surface area contributed by atoms with E-state index in [-0.39, 0.29) is 11.7 Å². The van der Waals surface area contributed by atoms with Gasteiger partial charge in [-0.25, -0.2) is 0 Å². The first-order valence-corrected chi connectivity index (χ1v) is 5.35. The normalized spacial score (nSPS) is 12.4. The van der Waals surface area contributed by atoms with E-state index in [1.807, 2.05) is 19.1 Å². The SMILES string of the molecule is CC(CCCN)C(=O)Cc1cccnc1. The number of rotatable bonds is 6. The van der Waals surface area contributed by atoms with Crippen LogP contribution in [0.2, 0.25) is 0 Å². The number of nitrogens with zero attached hydrogens (tertiary/aromatic N) is 1. The van der Waals surface area contributed by atoms with E-state index in [2.05, 4.69) is 4.98 Å². The fourth-order valence-corrected chi connectivity index (χ4v) is 1.46. The van der Waals surface area contributed by atoms with Crippen LogP contribution in [0.5, 0.6) is 0 Å². The molecule has 0 radical (unpaired) electrons. The zero-order valence-electron chi connectivity index (χ0n) is 9.15. The maximum Gasteiger partial charge on any atom is 0.140 e. The van der Waals surface area contributed by atoms with Crippen molar-refractivity contribution in [2.24, 2.45) is 11.7 Å². The third kappa shape index (κ3) is 4.21. The van der Waals surface area contributed by atoms with Crippen molar-refractivity contribution in [3.8, 4) is 0 Å². The van der Waals surface area contributed by atoms with Crippen LogP contribution in [0.4, 0.5) is 0 Å². The van der Waals surface area contributed by atoms with Gasteiger partial charge in [-0.1, -0.05) is 13.0 Å². The Morgan fingerprint density at radius 2 is 2.40 bits per heavy atom. The Balaban J connectivity index is 2.42. The summed E-state index contributed by atoms with van der Waals surface area (Å²) in [5, 5.41) is 0. The minimum Gasteiger partial charge on any atom is -0.330 e. The predicted molar refractivity (Wildman–Crippen MR) is 60.4 cm³/mol. The first-order valence-electron chi connectivity index (χ1n) is 5.35. The largest absolute Gasteiger partial charge is 0.330 e. The van der Waals surface area contributed by atoms with Gasteiger partial charge in [-0.15, -0.1) is 0 Å². The highest BCUT2D eigenvalue weighted by Crippen LogP contribution is 2.10. The number of hydrogen-bond donors (Lipinski definition) is 1. The van der Waals surface area contributed by atoms with Crippen molar-refractivity contribution >= 4 is 5.78 Å². The highest BCUT2D eigenvalue weighted by Gasteiger charge is 2.12. The fraction of sp³-hybridized carbons (Fsp3) is 0.500. The van der Waals surface area contributed by atoms with E-state index in [1.54, 1.807) is 12.4 Å². The van der Waals surface area contributed by atoms with Crippen LogP contribution in [0.25, 0.3) is 0 Å². The number of aromatic nitrogens is 1. The number of nitrogens with two attached hydrogens (primary N) is 1. The van der Waals surface area contributed by atoms with Crippen LogP contribution in [0.3, 0.4) is 0 Å². The smallest absolute Gasteiger partial charge is 0.140 e. The van der Waals surface area contributed by atoms with E-state index < -0.39 is 0 Å². The Morgan fingerprint density at radius 1 is 1.60 bits per heavy atom. The van der Waals surface area contributed by atoms with Crippen LogP contribution in [-0.4, -0.2) is 17.3 Å². The second kappa shape index (κ2) is 6.30. The molecule has 2 N–H and O–H groups in total. The summed E-state index contributed by atoms with van der Waals surface area (Å²) in [7, 11) is 0. The van der Waals surface area contributed by atoms with Crippen LogP contribution in [-0.2, 0) is 11.2 Å². The first kappa shape index (κ1) is 11.9. The van der Waals surface area contributed by atoms with Crippen molar-refractivity contribution in [1.29, 1.82) is 0 Å². The van der Waals surface area contributed by atoms with Gasteiger partial charge < -0.3 is 5.73 Å². The zero-order chi connectivity index (χ0) is 11.1. The summed E-state index contributed by atoms with van der Waals surface area (Å²) in [6, 6.07) is 3.79. The van der Waals surface area contributed by atoms with Gasteiger partial charge in [-0.3, -0.25) is 9.78 Å². The molecule has 0 aliphatic carbocycles. The highest BCUT2D eigenvalue weighted by atomic mass is 16.1. The van der Waals surface area contributed by atoms with E-state index in [0.29, 0.717) is 13.0 Å². The van der Waals surface area contributed by atoms with Crippen molar-refractivity contribution in [3.63, 3.8) is 0 Å². The maximum atomic E-state index is 11.7. The Bertz CT molecular complexity index is 298. The summed E-state index contributed by atoms with van der Waals surface area (Å²) in [6.45, 7) is 2.62. The molecule has 1 unspecified atom stereocenters. The van der Waals surface area contributed by atoms with Gasteiger partial charge in [-0.05, 0) is 31.0 Å². The molecule has 0 amide bonds. The lowest BCUT2D eigenvalue weighted by atomic mass is 9.96. The number of Topliss-reactive ketones (excluding diaryl/α,β-unsaturated/α-hetero) is 1. The summed E-state index contributed by atoms with van der Waals surface area (Å²) in [4.78, 5) is 15.7. The molecular formula is C12H18N2O. The van der Waals surface area contributed by atoms with Gasteiger partial charge >= 0.3 is 0 Å². The van der Waals surface area contributed by atoms with E-state index in [9.17, 15) is 4.79 Å². The standard InChI is InChI=1S/C12H18N2O/c1-10(4-2-6-13)12(15)8-11-5-3-7-14-9-11/h3,5,7,9-10H,2,4,6,8,13H2,1H3. The predicted octanol–water partition coefficient (Wildman–Crippen LogP) is 1.57. The third-order valence-corrected chi connectivity index (χ3v) is 2.49. The molecule has 1 heterocycles. The average Bonchev–Trinajstić information content (AvgIpc) is 2.27. The quantitative estimate of drug-likeness (QED) is 0.768. The molecule has 0 saturated carbocycles. The zero-order valence-corrected chi connectivity index (χ0v) is 9.15. The van der Waals surface area contributed by atoms with Crippen LogP contribution in [0.1, 0.15) is 25.3 Å². The third-order valence-electron chi connectivity index (χ3n) is 2.49. The number of hydrogen-bond acceptors (Lipinski definition) is 3. The van der Waals surface area contributed by atoms with E-state index in [0.717, 1.165) is 18.4 Å². The number of pyridine rings is 1. The van der Waals surface area contributed by atoms with Gasteiger partial charge in [-0.2, -0.15) is 0 Å². The Hall–Kier alpha value is -1.22. The van der Waals surface area contributed by atoms with Crippen LogP contribution in [0, 0.1) is 5.92 Å². The minimum atomic E-state index is 0.105. The van der Waals surface area contributed by atoms with E-state index in [1.165, 1.54) is 0 Å². The summed E-state index contributed by atoms with van der Waals surface area (Å²) in [6.07, 6.45) is 5.74. The van der Waals surface area contributed by atoms with E-state index in [4.69, 9.17) is 5.73 Å². The lowest BCUT2D eigenvalue weighted by Crippen LogP contribution is -2.15. The molecule has 1 aromatic heterocycles. The van der Waals surface area contributed by atoms with Crippen molar-refractivity contribution in [3.05, 3.63) is 30.1 Å². The van der Waals surface area contributed by atoms with Crippen molar-refractivity contribution in [1.82, 2.24) is 4.98 Å². The van der Waals surface area contributed by atoms with Gasteiger partial charge in [0.25, 0.3) is 0 Å². The highest BCUT2D eigenvalue weighted by molar-refractivity contribution is 5.82. The van der Waals surface area contributed by atoms with Crippen molar-refractivity contribution < 1.29 is 4.79 Å². The lowest BCUT2D eigenvalue weighted by molar-refractivity contribution is -0.121. The summed E-state index contributed by atoms with van der Waals surface area (Å²) >= 11 is 0. The van der Waals surface area contributed by atoms with Gasteiger partial charge in [0, 0.05) is 24.7 Å². The van der Waals surface area contributed by atoms with Crippen LogP contribution < -0.4 is 5.73 Å². The topological polar surface area (TPSA) is 56.0 Å². The molecule has 1 aromatic rings. The molecule has 3 heteroatoms. The molecular weight excluding hydrogens is 188 g/mol. The molecule has 3 nitrogen and oxygen atoms in total. The monoisotopic (exact) mass is 206 g/mol. The Labute approximate surface area is 90.7 Å². The molecule has 15 heavy (non-hydrogen) atoms. The van der Waals surface area contributed by atoms with Crippen molar-refractivity contribution in [2.45, 2.75) is 26.2 Å². The molecule has 0 fully saturated rings.